The van der Waals surface area contributed by atoms with Crippen molar-refractivity contribution in [3.05, 3.63) is 111 Å². The molecule has 1 aliphatic rings. The van der Waals surface area contributed by atoms with Crippen molar-refractivity contribution >= 4 is 16.8 Å². The lowest BCUT2D eigenvalue weighted by atomic mass is 10.1. The van der Waals surface area contributed by atoms with Gasteiger partial charge in [-0.25, -0.2) is 8.78 Å². The zero-order chi connectivity index (χ0) is 23.1. The van der Waals surface area contributed by atoms with E-state index in [0.29, 0.717) is 18.8 Å². The summed E-state index contributed by atoms with van der Waals surface area (Å²) in [7, 11) is 1.55. The van der Waals surface area contributed by atoms with Crippen LogP contribution in [0.4, 0.5) is 8.78 Å². The highest BCUT2D eigenvalue weighted by atomic mass is 19.1. The summed E-state index contributed by atoms with van der Waals surface area (Å²) in [5.74, 6) is -1.45. The molecule has 3 aromatic carbocycles. The number of benzene rings is 3. The molecule has 0 saturated heterocycles. The maximum Gasteiger partial charge on any atom is 0.259 e. The first-order chi connectivity index (χ1) is 16.0. The predicted molar refractivity (Wildman–Crippen MR) is 120 cm³/mol. The smallest absolute Gasteiger partial charge is 0.259 e. The van der Waals surface area contributed by atoms with Crippen LogP contribution in [0.15, 0.2) is 71.7 Å². The number of fused-ring (bicyclic) bond motifs is 2. The van der Waals surface area contributed by atoms with Crippen LogP contribution in [0.25, 0.3) is 10.9 Å². The van der Waals surface area contributed by atoms with Crippen LogP contribution in [0.1, 0.15) is 27.0 Å². The van der Waals surface area contributed by atoms with E-state index >= 15 is 0 Å². The molecule has 0 fully saturated rings. The summed E-state index contributed by atoms with van der Waals surface area (Å²) < 4.78 is 36.1. The van der Waals surface area contributed by atoms with Crippen LogP contribution >= 0.6 is 0 Å². The Hall–Kier alpha value is -4.00. The van der Waals surface area contributed by atoms with E-state index in [2.05, 4.69) is 0 Å². The highest BCUT2D eigenvalue weighted by Crippen LogP contribution is 2.26. The molecular formula is C26H20F2N2O3. The van der Waals surface area contributed by atoms with Gasteiger partial charge in [0.2, 0.25) is 5.43 Å². The fourth-order valence-corrected chi connectivity index (χ4v) is 4.30. The minimum absolute atomic E-state index is 0.141. The monoisotopic (exact) mass is 446 g/mol. The van der Waals surface area contributed by atoms with Crippen molar-refractivity contribution in [2.75, 3.05) is 7.11 Å². The van der Waals surface area contributed by atoms with Crippen LogP contribution in [0.2, 0.25) is 0 Å². The third kappa shape index (κ3) is 3.65. The summed E-state index contributed by atoms with van der Waals surface area (Å²) in [4.78, 5) is 28.1. The Morgan fingerprint density at radius 3 is 2.21 bits per heavy atom. The SMILES string of the molecule is COc1ccc(Cn2cc(C(=O)N3Cc4ccccc4C3)c(=O)c3c(F)ccc(F)c32)cc1. The molecule has 1 aromatic heterocycles. The van der Waals surface area contributed by atoms with Crippen LogP contribution < -0.4 is 10.2 Å². The van der Waals surface area contributed by atoms with E-state index in [1.165, 1.54) is 10.8 Å². The number of rotatable bonds is 4. The number of amides is 1. The molecule has 4 aromatic rings. The average Bonchev–Trinajstić information content (AvgIpc) is 3.27. The van der Waals surface area contributed by atoms with Crippen molar-refractivity contribution in [3.8, 4) is 5.75 Å². The van der Waals surface area contributed by atoms with E-state index < -0.39 is 28.4 Å². The minimum atomic E-state index is -0.862. The molecule has 166 valence electrons. The molecule has 5 rings (SSSR count). The van der Waals surface area contributed by atoms with Gasteiger partial charge in [0, 0.05) is 25.8 Å². The van der Waals surface area contributed by atoms with Crippen molar-refractivity contribution in [2.45, 2.75) is 19.6 Å². The third-order valence-corrected chi connectivity index (χ3v) is 5.99. The first kappa shape index (κ1) is 20.9. The highest BCUT2D eigenvalue weighted by molar-refractivity contribution is 5.97. The van der Waals surface area contributed by atoms with Gasteiger partial charge < -0.3 is 14.2 Å². The quantitative estimate of drug-likeness (QED) is 0.464. The Morgan fingerprint density at radius 1 is 0.939 bits per heavy atom. The summed E-state index contributed by atoms with van der Waals surface area (Å²) in [6.45, 7) is 0.856. The van der Waals surface area contributed by atoms with Gasteiger partial charge in [0.05, 0.1) is 18.0 Å². The maximum atomic E-state index is 14.8. The van der Waals surface area contributed by atoms with Gasteiger partial charge in [-0.15, -0.1) is 0 Å². The fraction of sp³-hybridized carbons (Fsp3) is 0.154. The molecule has 0 aliphatic carbocycles. The highest BCUT2D eigenvalue weighted by Gasteiger charge is 2.28. The van der Waals surface area contributed by atoms with Crippen LogP contribution in [-0.2, 0) is 19.6 Å². The molecule has 0 radical (unpaired) electrons. The number of hydrogen-bond acceptors (Lipinski definition) is 3. The standard InChI is InChI=1S/C26H20F2N2O3/c1-33-19-8-6-16(7-9-19)12-29-15-20(25(31)23-21(27)10-11-22(28)24(23)29)26(32)30-13-17-4-2-3-5-18(17)14-30/h2-11,15H,12-14H2,1H3. The van der Waals surface area contributed by atoms with Gasteiger partial charge in [0.25, 0.3) is 5.91 Å². The molecule has 0 saturated carbocycles. The summed E-state index contributed by atoms with van der Waals surface area (Å²) in [5.41, 5.74) is 1.61. The van der Waals surface area contributed by atoms with Crippen molar-refractivity contribution in [1.29, 1.82) is 0 Å². The number of ether oxygens (including phenoxy) is 1. The van der Waals surface area contributed by atoms with Crippen LogP contribution in [0.5, 0.6) is 5.75 Å². The number of nitrogens with zero attached hydrogens (tertiary/aromatic N) is 2. The molecule has 0 N–H and O–H groups in total. The molecule has 0 atom stereocenters. The Labute approximate surface area is 188 Å². The Morgan fingerprint density at radius 2 is 1.58 bits per heavy atom. The van der Waals surface area contributed by atoms with Gasteiger partial charge in [-0.2, -0.15) is 0 Å². The molecule has 2 heterocycles. The second-order valence-electron chi connectivity index (χ2n) is 8.03. The van der Waals surface area contributed by atoms with Crippen LogP contribution in [0.3, 0.4) is 0 Å². The first-order valence-electron chi connectivity index (χ1n) is 10.5. The normalized spacial score (nSPS) is 12.8. The summed E-state index contributed by atoms with van der Waals surface area (Å²) in [5, 5.41) is -0.425. The fourth-order valence-electron chi connectivity index (χ4n) is 4.30. The summed E-state index contributed by atoms with van der Waals surface area (Å²) in [6, 6.07) is 16.6. The predicted octanol–water partition coefficient (Wildman–Crippen LogP) is 4.49. The number of hydrogen-bond donors (Lipinski definition) is 0. The van der Waals surface area contributed by atoms with E-state index in [9.17, 15) is 18.4 Å². The van der Waals surface area contributed by atoms with Crippen molar-refractivity contribution < 1.29 is 18.3 Å². The van der Waals surface area contributed by atoms with Crippen molar-refractivity contribution in [3.63, 3.8) is 0 Å². The van der Waals surface area contributed by atoms with E-state index in [4.69, 9.17) is 4.74 Å². The lowest BCUT2D eigenvalue weighted by Crippen LogP contribution is -2.31. The van der Waals surface area contributed by atoms with Crippen LogP contribution in [-0.4, -0.2) is 22.5 Å². The van der Waals surface area contributed by atoms with E-state index in [1.807, 2.05) is 24.3 Å². The van der Waals surface area contributed by atoms with Crippen molar-refractivity contribution in [1.82, 2.24) is 9.47 Å². The molecule has 1 amide bonds. The Bertz CT molecular complexity index is 1420. The van der Waals surface area contributed by atoms with Gasteiger partial charge in [0.1, 0.15) is 22.9 Å². The van der Waals surface area contributed by atoms with E-state index in [-0.39, 0.29) is 17.6 Å². The van der Waals surface area contributed by atoms with Gasteiger partial charge >= 0.3 is 0 Å². The third-order valence-electron chi connectivity index (χ3n) is 5.99. The molecule has 1 aliphatic heterocycles. The zero-order valence-corrected chi connectivity index (χ0v) is 17.8. The number of pyridine rings is 1. The zero-order valence-electron chi connectivity index (χ0n) is 17.8. The number of carbonyl (C=O) groups excluding carboxylic acids is 1. The minimum Gasteiger partial charge on any atom is -0.497 e. The van der Waals surface area contributed by atoms with Gasteiger partial charge in [0.15, 0.2) is 0 Å². The number of methoxy groups -OCH3 is 1. The topological polar surface area (TPSA) is 51.5 Å². The Balaban J connectivity index is 1.62. The van der Waals surface area contributed by atoms with Gasteiger partial charge in [-0.05, 0) is 41.0 Å². The number of halogens is 2. The molecular weight excluding hydrogens is 426 g/mol. The van der Waals surface area contributed by atoms with Gasteiger partial charge in [-0.1, -0.05) is 36.4 Å². The Kier molecular flexibility index (Phi) is 5.17. The van der Waals surface area contributed by atoms with Gasteiger partial charge in [-0.3, -0.25) is 9.59 Å². The molecule has 7 heteroatoms. The molecule has 33 heavy (non-hydrogen) atoms. The summed E-state index contributed by atoms with van der Waals surface area (Å²) >= 11 is 0. The molecule has 0 spiro atoms. The number of carbonyl (C=O) groups is 1. The second-order valence-corrected chi connectivity index (χ2v) is 8.03. The van der Waals surface area contributed by atoms with E-state index in [1.54, 1.807) is 36.3 Å². The second kappa shape index (κ2) is 8.16. The number of aromatic nitrogens is 1. The maximum absolute atomic E-state index is 14.8. The lowest BCUT2D eigenvalue weighted by molar-refractivity contribution is 0.0749. The molecule has 0 unspecified atom stereocenters. The largest absolute Gasteiger partial charge is 0.497 e. The first-order valence-corrected chi connectivity index (χ1v) is 10.5. The summed E-state index contributed by atoms with van der Waals surface area (Å²) in [6.07, 6.45) is 1.34. The molecule has 0 bridgehead atoms. The lowest BCUT2D eigenvalue weighted by Gasteiger charge is -2.18. The average molecular weight is 446 g/mol. The van der Waals surface area contributed by atoms with Crippen LogP contribution in [0, 0.1) is 11.6 Å². The van der Waals surface area contributed by atoms with E-state index in [0.717, 1.165) is 28.8 Å². The molecule has 5 nitrogen and oxygen atoms in total. The van der Waals surface area contributed by atoms with Crippen molar-refractivity contribution in [2.24, 2.45) is 0 Å².